The summed E-state index contributed by atoms with van der Waals surface area (Å²) < 4.78 is 0. The summed E-state index contributed by atoms with van der Waals surface area (Å²) in [4.78, 5) is 39.9. The van der Waals surface area contributed by atoms with E-state index in [1.54, 1.807) is 6.92 Å². The predicted octanol–water partition coefficient (Wildman–Crippen LogP) is 0.766. The van der Waals surface area contributed by atoms with Gasteiger partial charge >= 0.3 is 5.97 Å². The van der Waals surface area contributed by atoms with Crippen LogP contribution in [0.2, 0.25) is 0 Å². The van der Waals surface area contributed by atoms with Crippen LogP contribution in [0, 0.1) is 0 Å². The Bertz CT molecular complexity index is 543. The van der Waals surface area contributed by atoms with Gasteiger partial charge in [0, 0.05) is 24.3 Å². The van der Waals surface area contributed by atoms with Crippen molar-refractivity contribution in [3.63, 3.8) is 0 Å². The zero-order valence-corrected chi connectivity index (χ0v) is 12.3. The van der Waals surface area contributed by atoms with Crippen LogP contribution in [0.1, 0.15) is 41.6 Å². The first-order chi connectivity index (χ1) is 9.85. The summed E-state index contributed by atoms with van der Waals surface area (Å²) >= 11 is 0. The van der Waals surface area contributed by atoms with Gasteiger partial charge in [0.15, 0.2) is 0 Å². The monoisotopic (exact) mass is 293 g/mol. The maximum Gasteiger partial charge on any atom is 0.354 e. The minimum absolute atomic E-state index is 0.00848. The molecular weight excluding hydrogens is 274 g/mol. The van der Waals surface area contributed by atoms with Crippen molar-refractivity contribution in [1.29, 1.82) is 0 Å². The Morgan fingerprint density at radius 2 is 2.05 bits per heavy atom. The third kappa shape index (κ3) is 4.87. The Balaban J connectivity index is 2.86. The maximum atomic E-state index is 12.3. The lowest BCUT2D eigenvalue weighted by Crippen LogP contribution is -2.42. The van der Waals surface area contributed by atoms with Gasteiger partial charge in [-0.25, -0.2) is 9.78 Å². The normalized spacial score (nSPS) is 10.3. The van der Waals surface area contributed by atoms with Crippen molar-refractivity contribution >= 4 is 17.8 Å². The lowest BCUT2D eigenvalue weighted by Gasteiger charge is -2.21. The summed E-state index contributed by atoms with van der Waals surface area (Å²) in [6, 6.07) is 2.62. The van der Waals surface area contributed by atoms with Crippen LogP contribution in [0.3, 0.4) is 0 Å². The van der Waals surface area contributed by atoms with Crippen molar-refractivity contribution in [2.24, 2.45) is 0 Å². The van der Waals surface area contributed by atoms with E-state index in [0.29, 0.717) is 6.54 Å². The SMILES string of the molecule is CCN(CC(=O)NC(C)C)C(=O)c1ccnc(C(=O)O)c1. The largest absolute Gasteiger partial charge is 0.477 e. The molecule has 0 aliphatic carbocycles. The molecule has 1 rings (SSSR count). The minimum Gasteiger partial charge on any atom is -0.477 e. The van der Waals surface area contributed by atoms with Crippen molar-refractivity contribution in [2.45, 2.75) is 26.8 Å². The predicted molar refractivity (Wildman–Crippen MR) is 76.1 cm³/mol. The molecule has 0 atom stereocenters. The van der Waals surface area contributed by atoms with Crippen LogP contribution in [-0.4, -0.2) is 51.9 Å². The van der Waals surface area contributed by atoms with Gasteiger partial charge < -0.3 is 15.3 Å². The van der Waals surface area contributed by atoms with Crippen molar-refractivity contribution in [3.05, 3.63) is 29.6 Å². The molecule has 2 N–H and O–H groups in total. The number of carboxylic acid groups (broad SMARTS) is 1. The van der Waals surface area contributed by atoms with Crippen LogP contribution in [0.4, 0.5) is 0 Å². The third-order valence-electron chi connectivity index (χ3n) is 2.68. The number of nitrogens with one attached hydrogen (secondary N) is 1. The van der Waals surface area contributed by atoms with Crippen LogP contribution in [0.15, 0.2) is 18.3 Å². The fourth-order valence-corrected chi connectivity index (χ4v) is 1.73. The van der Waals surface area contributed by atoms with Gasteiger partial charge in [-0.2, -0.15) is 0 Å². The number of aromatic carboxylic acids is 1. The lowest BCUT2D eigenvalue weighted by atomic mass is 10.2. The number of pyridine rings is 1. The van der Waals surface area contributed by atoms with E-state index < -0.39 is 11.9 Å². The molecule has 114 valence electrons. The molecule has 0 spiro atoms. The number of likely N-dealkylation sites (N-methyl/N-ethyl adjacent to an activating group) is 1. The number of amides is 2. The summed E-state index contributed by atoms with van der Waals surface area (Å²) in [6.45, 7) is 5.68. The van der Waals surface area contributed by atoms with Crippen LogP contribution in [-0.2, 0) is 4.79 Å². The van der Waals surface area contributed by atoms with Crippen LogP contribution >= 0.6 is 0 Å². The molecule has 0 aliphatic rings. The molecule has 0 saturated heterocycles. The molecule has 0 radical (unpaired) electrons. The molecule has 0 unspecified atom stereocenters. The Labute approximate surface area is 123 Å². The number of hydrogen-bond donors (Lipinski definition) is 2. The third-order valence-corrected chi connectivity index (χ3v) is 2.68. The highest BCUT2D eigenvalue weighted by molar-refractivity contribution is 5.98. The van der Waals surface area contributed by atoms with E-state index >= 15 is 0 Å². The van der Waals surface area contributed by atoms with Gasteiger partial charge in [-0.15, -0.1) is 0 Å². The minimum atomic E-state index is -1.20. The second-order valence-electron chi connectivity index (χ2n) is 4.78. The Kier molecular flexibility index (Phi) is 5.83. The topological polar surface area (TPSA) is 99.6 Å². The van der Waals surface area contributed by atoms with Gasteiger partial charge in [-0.3, -0.25) is 9.59 Å². The van der Waals surface area contributed by atoms with Crippen molar-refractivity contribution in [3.8, 4) is 0 Å². The summed E-state index contributed by atoms with van der Waals surface area (Å²) in [7, 11) is 0. The first-order valence-electron chi connectivity index (χ1n) is 6.63. The average Bonchev–Trinajstić information content (AvgIpc) is 2.43. The molecule has 21 heavy (non-hydrogen) atoms. The second kappa shape index (κ2) is 7.37. The summed E-state index contributed by atoms with van der Waals surface area (Å²) in [5.41, 5.74) is -0.00914. The summed E-state index contributed by atoms with van der Waals surface area (Å²) in [5.74, 6) is -1.86. The van der Waals surface area contributed by atoms with Gasteiger partial charge in [-0.05, 0) is 32.9 Å². The molecule has 7 heteroatoms. The highest BCUT2D eigenvalue weighted by atomic mass is 16.4. The number of carbonyl (C=O) groups excluding carboxylic acids is 2. The molecule has 0 aromatic carbocycles. The Morgan fingerprint density at radius 1 is 1.38 bits per heavy atom. The smallest absolute Gasteiger partial charge is 0.354 e. The molecule has 1 aromatic heterocycles. The molecule has 0 aliphatic heterocycles. The van der Waals surface area contributed by atoms with Crippen LogP contribution < -0.4 is 5.32 Å². The average molecular weight is 293 g/mol. The maximum absolute atomic E-state index is 12.3. The Hall–Kier alpha value is -2.44. The van der Waals surface area contributed by atoms with E-state index in [0.717, 1.165) is 0 Å². The molecule has 7 nitrogen and oxygen atoms in total. The highest BCUT2D eigenvalue weighted by Crippen LogP contribution is 2.06. The summed E-state index contributed by atoms with van der Waals surface area (Å²) in [5, 5.41) is 11.6. The second-order valence-corrected chi connectivity index (χ2v) is 4.78. The van der Waals surface area contributed by atoms with Gasteiger partial charge in [0.05, 0.1) is 6.54 Å². The number of rotatable bonds is 6. The Morgan fingerprint density at radius 3 is 2.57 bits per heavy atom. The first-order valence-corrected chi connectivity index (χ1v) is 6.63. The van der Waals surface area contributed by atoms with Crippen molar-refractivity contribution in [2.75, 3.05) is 13.1 Å². The number of hydrogen-bond acceptors (Lipinski definition) is 4. The fourth-order valence-electron chi connectivity index (χ4n) is 1.73. The number of nitrogens with zero attached hydrogens (tertiary/aromatic N) is 2. The standard InChI is InChI=1S/C14H19N3O4/c1-4-17(8-12(18)16-9(2)3)13(19)10-5-6-15-11(7-10)14(20)21/h5-7,9H,4,8H2,1-3H3,(H,16,18)(H,20,21). The lowest BCUT2D eigenvalue weighted by molar-refractivity contribution is -0.122. The van der Waals surface area contributed by atoms with Gasteiger partial charge in [-0.1, -0.05) is 0 Å². The molecule has 0 fully saturated rings. The van der Waals surface area contributed by atoms with E-state index in [4.69, 9.17) is 5.11 Å². The number of carboxylic acids is 1. The quantitative estimate of drug-likeness (QED) is 0.807. The first kappa shape index (κ1) is 16.6. The van der Waals surface area contributed by atoms with Crippen LogP contribution in [0.25, 0.3) is 0 Å². The number of carbonyl (C=O) groups is 3. The summed E-state index contributed by atoms with van der Waals surface area (Å²) in [6.07, 6.45) is 1.26. The molecule has 0 saturated carbocycles. The van der Waals surface area contributed by atoms with Crippen molar-refractivity contribution in [1.82, 2.24) is 15.2 Å². The van der Waals surface area contributed by atoms with E-state index in [9.17, 15) is 14.4 Å². The fraction of sp³-hybridized carbons (Fsp3) is 0.429. The van der Waals surface area contributed by atoms with Gasteiger partial charge in [0.1, 0.15) is 5.69 Å². The zero-order chi connectivity index (χ0) is 16.0. The molecule has 0 bridgehead atoms. The molecule has 1 heterocycles. The van der Waals surface area contributed by atoms with Crippen molar-refractivity contribution < 1.29 is 19.5 Å². The number of aromatic nitrogens is 1. The van der Waals surface area contributed by atoms with E-state index in [2.05, 4.69) is 10.3 Å². The van der Waals surface area contributed by atoms with Gasteiger partial charge in [0.25, 0.3) is 5.91 Å². The molecular formula is C14H19N3O4. The van der Waals surface area contributed by atoms with E-state index in [1.807, 2.05) is 13.8 Å². The van der Waals surface area contributed by atoms with E-state index in [-0.39, 0.29) is 29.8 Å². The van der Waals surface area contributed by atoms with E-state index in [1.165, 1.54) is 23.2 Å². The van der Waals surface area contributed by atoms with Crippen LogP contribution in [0.5, 0.6) is 0 Å². The zero-order valence-electron chi connectivity index (χ0n) is 12.3. The highest BCUT2D eigenvalue weighted by Gasteiger charge is 2.19. The molecule has 2 amide bonds. The van der Waals surface area contributed by atoms with Gasteiger partial charge in [0.2, 0.25) is 5.91 Å². The molecule has 1 aromatic rings.